The summed E-state index contributed by atoms with van der Waals surface area (Å²) in [6.45, 7) is 16.3. The Bertz CT molecular complexity index is 1030. The van der Waals surface area contributed by atoms with Crippen molar-refractivity contribution in [3.8, 4) is 0 Å². The molecule has 5 nitrogen and oxygen atoms in total. The van der Waals surface area contributed by atoms with Gasteiger partial charge in [0, 0.05) is 38.6 Å². The van der Waals surface area contributed by atoms with E-state index in [4.69, 9.17) is 9.47 Å². The molecule has 0 unspecified atom stereocenters. The molecule has 212 valence electrons. The Morgan fingerprint density at radius 1 is 1.18 bits per heavy atom. The van der Waals surface area contributed by atoms with E-state index in [2.05, 4.69) is 46.0 Å². The average molecular weight is 526 g/mol. The van der Waals surface area contributed by atoms with Crippen molar-refractivity contribution in [3.05, 3.63) is 23.0 Å². The van der Waals surface area contributed by atoms with Gasteiger partial charge in [-0.25, -0.2) is 0 Å². The predicted octanol–water partition coefficient (Wildman–Crippen LogP) is 7.11. The first-order valence-electron chi connectivity index (χ1n) is 15.4. The summed E-state index contributed by atoms with van der Waals surface area (Å²) in [7, 11) is 0. The third kappa shape index (κ3) is 4.54. The molecule has 4 aliphatic carbocycles. The van der Waals surface area contributed by atoms with Crippen LogP contribution in [0.1, 0.15) is 113 Å². The van der Waals surface area contributed by atoms with Gasteiger partial charge >= 0.3 is 5.97 Å². The minimum atomic E-state index is -0.0918. The maximum absolute atomic E-state index is 11.9. The largest absolute Gasteiger partial charge is 0.491 e. The number of fused-ring (bicyclic) bond motifs is 7. The molecule has 0 aromatic carbocycles. The van der Waals surface area contributed by atoms with Crippen molar-refractivity contribution in [3.63, 3.8) is 0 Å². The summed E-state index contributed by atoms with van der Waals surface area (Å²) in [6, 6.07) is 0. The molecule has 38 heavy (non-hydrogen) atoms. The third-order valence-electron chi connectivity index (χ3n) is 11.8. The van der Waals surface area contributed by atoms with E-state index in [-0.39, 0.29) is 29.0 Å². The Kier molecular flexibility index (Phi) is 7.31. The van der Waals surface area contributed by atoms with Crippen molar-refractivity contribution in [1.29, 1.82) is 0 Å². The van der Waals surface area contributed by atoms with Crippen LogP contribution in [0.2, 0.25) is 0 Å². The molecule has 0 radical (unpaired) electrons. The Hall–Kier alpha value is -1.78. The molecule has 1 N–H and O–H groups in total. The van der Waals surface area contributed by atoms with Crippen molar-refractivity contribution >= 4 is 11.9 Å². The molecule has 5 heteroatoms. The first-order valence-corrected chi connectivity index (χ1v) is 15.4. The molecule has 0 bridgehead atoms. The Labute approximate surface area is 230 Å². The summed E-state index contributed by atoms with van der Waals surface area (Å²) in [5, 5.41) is 2.96. The van der Waals surface area contributed by atoms with Gasteiger partial charge < -0.3 is 14.8 Å². The van der Waals surface area contributed by atoms with Crippen LogP contribution in [0.4, 0.5) is 0 Å². The summed E-state index contributed by atoms with van der Waals surface area (Å²) >= 11 is 0. The first-order chi connectivity index (χ1) is 17.9. The minimum absolute atomic E-state index is 0.0486. The van der Waals surface area contributed by atoms with Crippen LogP contribution in [-0.4, -0.2) is 30.1 Å². The quantitative estimate of drug-likeness (QED) is 0.284. The fourth-order valence-electron chi connectivity index (χ4n) is 9.96. The smallest absolute Gasteiger partial charge is 0.305 e. The number of ether oxygens (including phenoxy) is 2. The first kappa shape index (κ1) is 27.8. The van der Waals surface area contributed by atoms with Gasteiger partial charge in [0.05, 0.1) is 5.76 Å². The molecule has 3 fully saturated rings. The van der Waals surface area contributed by atoms with E-state index in [9.17, 15) is 9.59 Å². The highest BCUT2D eigenvalue weighted by Crippen LogP contribution is 2.71. The van der Waals surface area contributed by atoms with Gasteiger partial charge in [0.25, 0.3) is 0 Å². The van der Waals surface area contributed by atoms with Crippen molar-refractivity contribution in [2.24, 2.45) is 40.4 Å². The van der Waals surface area contributed by atoms with E-state index in [0.29, 0.717) is 29.6 Å². The Morgan fingerprint density at radius 3 is 2.66 bits per heavy atom. The number of esters is 1. The van der Waals surface area contributed by atoms with Gasteiger partial charge in [-0.1, -0.05) is 39.3 Å². The van der Waals surface area contributed by atoms with Gasteiger partial charge in [0.15, 0.2) is 0 Å². The predicted molar refractivity (Wildman–Crippen MR) is 150 cm³/mol. The summed E-state index contributed by atoms with van der Waals surface area (Å²) in [5.41, 5.74) is 3.51. The zero-order chi connectivity index (χ0) is 27.5. The van der Waals surface area contributed by atoms with Crippen LogP contribution in [0.15, 0.2) is 23.0 Å². The lowest BCUT2D eigenvalue weighted by Crippen LogP contribution is -2.50. The lowest BCUT2D eigenvalue weighted by molar-refractivity contribution is -0.151. The van der Waals surface area contributed by atoms with E-state index >= 15 is 0 Å². The van der Waals surface area contributed by atoms with Crippen LogP contribution in [0.5, 0.6) is 0 Å². The maximum Gasteiger partial charge on any atom is 0.305 e. The van der Waals surface area contributed by atoms with Gasteiger partial charge in [-0.2, -0.15) is 0 Å². The van der Waals surface area contributed by atoms with Crippen LogP contribution in [0, 0.1) is 40.4 Å². The normalized spacial score (nSPS) is 42.2. The van der Waals surface area contributed by atoms with Gasteiger partial charge in [-0.05, 0) is 98.9 Å². The molecule has 1 amide bonds. The van der Waals surface area contributed by atoms with E-state index in [1.165, 1.54) is 30.6 Å². The molecule has 5 aliphatic rings. The third-order valence-corrected chi connectivity index (χ3v) is 11.8. The number of amides is 1. The molecule has 5 rings (SSSR count). The second kappa shape index (κ2) is 10.0. The molecule has 0 aromatic heterocycles. The topological polar surface area (TPSA) is 64.6 Å². The summed E-state index contributed by atoms with van der Waals surface area (Å²) < 4.78 is 12.7. The number of carbonyl (C=O) groups is 2. The van der Waals surface area contributed by atoms with Gasteiger partial charge in [0.1, 0.15) is 11.7 Å². The molecule has 0 spiro atoms. The van der Waals surface area contributed by atoms with Crippen LogP contribution in [0.3, 0.4) is 0 Å². The zero-order valence-corrected chi connectivity index (χ0v) is 25.0. The second-order valence-corrected chi connectivity index (χ2v) is 14.3. The lowest BCUT2D eigenvalue weighted by Gasteiger charge is -2.58. The summed E-state index contributed by atoms with van der Waals surface area (Å²) in [5.74, 6) is 4.30. The number of rotatable bonds is 7. The number of allylic oxidation sites excluding steroid dienone is 2. The fraction of sp³-hybridized carbons (Fsp3) is 0.818. The van der Waals surface area contributed by atoms with Crippen molar-refractivity contribution in [2.75, 3.05) is 6.54 Å². The molecule has 1 aliphatic heterocycles. The maximum atomic E-state index is 11.9. The van der Waals surface area contributed by atoms with Crippen LogP contribution in [-0.2, 0) is 19.1 Å². The lowest BCUT2D eigenvalue weighted by atomic mass is 9.47. The van der Waals surface area contributed by atoms with Gasteiger partial charge in [0.2, 0.25) is 5.91 Å². The highest BCUT2D eigenvalue weighted by Gasteiger charge is 2.67. The molecular formula is C33H51NO4. The standard InChI is InChI=1S/C33H51NO4/c1-8-29(36)37-24-13-15-31(5)23(17-24)10-11-25-26(31)14-16-32(6)27(25)18-33(7)30(32)21(3)28(38-33)12-9-20(2)19-34-22(4)35/h10,20,24-27,30H,8-9,11-19H2,1-7H3,(H,34,35)/t20-,24-,25-,26-,27-,30-,31+,32+,33-/m1/s1. The molecule has 1 heterocycles. The van der Waals surface area contributed by atoms with Crippen molar-refractivity contribution in [1.82, 2.24) is 5.32 Å². The molecule has 0 aromatic rings. The van der Waals surface area contributed by atoms with Gasteiger partial charge in [-0.15, -0.1) is 0 Å². The molecular weight excluding hydrogens is 474 g/mol. The second-order valence-electron chi connectivity index (χ2n) is 14.3. The number of hydrogen-bond donors (Lipinski definition) is 1. The Balaban J connectivity index is 1.31. The molecule has 9 atom stereocenters. The zero-order valence-electron chi connectivity index (χ0n) is 25.0. The Morgan fingerprint density at radius 2 is 1.95 bits per heavy atom. The van der Waals surface area contributed by atoms with E-state index in [1.54, 1.807) is 12.5 Å². The highest BCUT2D eigenvalue weighted by atomic mass is 16.5. The fourth-order valence-corrected chi connectivity index (χ4v) is 9.96. The van der Waals surface area contributed by atoms with Crippen LogP contribution >= 0.6 is 0 Å². The number of nitrogens with one attached hydrogen (secondary N) is 1. The van der Waals surface area contributed by atoms with Gasteiger partial charge in [-0.3, -0.25) is 9.59 Å². The van der Waals surface area contributed by atoms with E-state index < -0.39 is 0 Å². The summed E-state index contributed by atoms with van der Waals surface area (Å²) in [4.78, 5) is 23.2. The van der Waals surface area contributed by atoms with E-state index in [0.717, 1.165) is 56.9 Å². The average Bonchev–Trinajstić information content (AvgIpc) is 3.27. The minimum Gasteiger partial charge on any atom is -0.491 e. The number of carbonyl (C=O) groups excluding carboxylic acids is 2. The summed E-state index contributed by atoms with van der Waals surface area (Å²) in [6.07, 6.45) is 13.1. The highest BCUT2D eigenvalue weighted by molar-refractivity contribution is 5.72. The van der Waals surface area contributed by atoms with Crippen LogP contribution < -0.4 is 5.32 Å². The SMILES string of the molecule is CCC(=O)O[C@@H]1CC[C@@]2(C)C(=CC[C@H]3[C@H]4C[C@@]5(C)OC(CC[C@@H](C)CNC(C)=O)=C(C)[C@@H]5[C@@]4(C)CC[C@H]32)C1. The number of hydrogen-bond acceptors (Lipinski definition) is 4. The monoisotopic (exact) mass is 525 g/mol. The van der Waals surface area contributed by atoms with E-state index in [1.807, 2.05) is 6.92 Å². The van der Waals surface area contributed by atoms with Crippen molar-refractivity contribution < 1.29 is 19.1 Å². The van der Waals surface area contributed by atoms with Crippen LogP contribution in [0.25, 0.3) is 0 Å². The molecule has 3 saturated carbocycles. The molecule has 0 saturated heterocycles. The van der Waals surface area contributed by atoms with Crippen molar-refractivity contribution in [2.45, 2.75) is 124 Å².